The molecule has 0 spiro atoms. The molecule has 6 heteroatoms. The van der Waals surface area contributed by atoms with Gasteiger partial charge in [0.15, 0.2) is 0 Å². The Labute approximate surface area is 87.4 Å². The van der Waals surface area contributed by atoms with Gasteiger partial charge in [-0.25, -0.2) is 0 Å². The molecule has 0 bridgehead atoms. The molecule has 0 aromatic rings. The van der Waals surface area contributed by atoms with Gasteiger partial charge in [0.05, 0.1) is 0 Å². The summed E-state index contributed by atoms with van der Waals surface area (Å²) in [4.78, 5) is 12.2. The lowest BCUT2D eigenvalue weighted by atomic mass is 10.2. The Morgan fingerprint density at radius 2 is 1.93 bits per heavy atom. The molecular weight excluding hydrogens is 209 g/mol. The van der Waals surface area contributed by atoms with Gasteiger partial charge in [-0.1, -0.05) is 0 Å². The van der Waals surface area contributed by atoms with Crippen molar-refractivity contribution in [2.45, 2.75) is 38.9 Å². The van der Waals surface area contributed by atoms with Gasteiger partial charge in [-0.3, -0.25) is 4.79 Å². The highest BCUT2D eigenvalue weighted by atomic mass is 19.4. The molecule has 0 unspecified atom stereocenters. The number of carbonyl (C=O) groups excluding carboxylic acids is 1. The fourth-order valence-corrected chi connectivity index (χ4v) is 1.15. The maximum Gasteiger partial charge on any atom is 0.406 e. The number of nitrogens with two attached hydrogens (primary N) is 1. The van der Waals surface area contributed by atoms with Crippen molar-refractivity contribution in [2.75, 3.05) is 13.1 Å². The van der Waals surface area contributed by atoms with E-state index in [1.54, 1.807) is 13.8 Å². The highest BCUT2D eigenvalue weighted by Crippen LogP contribution is 2.18. The van der Waals surface area contributed by atoms with E-state index in [4.69, 9.17) is 5.73 Å². The van der Waals surface area contributed by atoms with Gasteiger partial charge in [0, 0.05) is 12.5 Å². The summed E-state index contributed by atoms with van der Waals surface area (Å²) >= 11 is 0. The van der Waals surface area contributed by atoms with Crippen LogP contribution in [0.2, 0.25) is 0 Å². The molecule has 0 aromatic carbocycles. The third-order valence-corrected chi connectivity index (χ3v) is 1.89. The summed E-state index contributed by atoms with van der Waals surface area (Å²) in [5.74, 6) is -0.493. The van der Waals surface area contributed by atoms with Crippen molar-refractivity contribution in [2.24, 2.45) is 5.73 Å². The van der Waals surface area contributed by atoms with Crippen molar-refractivity contribution in [3.63, 3.8) is 0 Å². The Bertz CT molecular complexity index is 204. The quantitative estimate of drug-likeness (QED) is 0.772. The summed E-state index contributed by atoms with van der Waals surface area (Å²) < 4.78 is 36.4. The van der Waals surface area contributed by atoms with Gasteiger partial charge >= 0.3 is 6.18 Å². The second-order valence-electron chi connectivity index (χ2n) is 3.62. The molecule has 0 saturated carbocycles. The molecule has 0 aliphatic rings. The summed E-state index contributed by atoms with van der Waals surface area (Å²) in [7, 11) is 0. The zero-order valence-electron chi connectivity index (χ0n) is 8.97. The van der Waals surface area contributed by atoms with E-state index in [0.717, 1.165) is 4.90 Å². The molecule has 0 rings (SSSR count). The van der Waals surface area contributed by atoms with Crippen molar-refractivity contribution in [3.05, 3.63) is 0 Å². The summed E-state index contributed by atoms with van der Waals surface area (Å²) in [6, 6.07) is -0.447. The Morgan fingerprint density at radius 1 is 1.40 bits per heavy atom. The standard InChI is InChI=1S/C9H17F3N2O/c1-7(2)14(6-9(10,11)12)8(15)4-3-5-13/h7H,3-6,13H2,1-2H3. The van der Waals surface area contributed by atoms with Gasteiger partial charge in [0.2, 0.25) is 5.91 Å². The van der Waals surface area contributed by atoms with Crippen LogP contribution in [-0.2, 0) is 4.79 Å². The van der Waals surface area contributed by atoms with E-state index in [9.17, 15) is 18.0 Å². The maximum atomic E-state index is 12.1. The van der Waals surface area contributed by atoms with E-state index in [1.807, 2.05) is 0 Å². The van der Waals surface area contributed by atoms with Crippen molar-refractivity contribution in [1.29, 1.82) is 0 Å². The molecule has 1 amide bonds. The van der Waals surface area contributed by atoms with Gasteiger partial charge in [-0.05, 0) is 26.8 Å². The van der Waals surface area contributed by atoms with Crippen molar-refractivity contribution < 1.29 is 18.0 Å². The van der Waals surface area contributed by atoms with Gasteiger partial charge in [0.25, 0.3) is 0 Å². The highest BCUT2D eigenvalue weighted by Gasteiger charge is 2.33. The average Bonchev–Trinajstić information content (AvgIpc) is 2.08. The summed E-state index contributed by atoms with van der Waals surface area (Å²) in [6.07, 6.45) is -3.85. The van der Waals surface area contributed by atoms with Crippen LogP contribution < -0.4 is 5.73 Å². The normalized spacial score (nSPS) is 11.9. The molecule has 0 heterocycles. The van der Waals surface area contributed by atoms with Crippen LogP contribution in [0.4, 0.5) is 13.2 Å². The van der Waals surface area contributed by atoms with Gasteiger partial charge in [0.1, 0.15) is 6.54 Å². The lowest BCUT2D eigenvalue weighted by Gasteiger charge is -2.27. The zero-order chi connectivity index (χ0) is 12.1. The number of amides is 1. The lowest BCUT2D eigenvalue weighted by molar-refractivity contribution is -0.164. The smallest absolute Gasteiger partial charge is 0.331 e. The summed E-state index contributed by atoms with van der Waals surface area (Å²) in [5.41, 5.74) is 5.19. The number of rotatable bonds is 5. The van der Waals surface area contributed by atoms with Crippen molar-refractivity contribution >= 4 is 5.91 Å². The third-order valence-electron chi connectivity index (χ3n) is 1.89. The van der Waals surface area contributed by atoms with Crippen molar-refractivity contribution in [3.8, 4) is 0 Å². The van der Waals surface area contributed by atoms with Gasteiger partial charge in [-0.2, -0.15) is 13.2 Å². The second-order valence-corrected chi connectivity index (χ2v) is 3.62. The Balaban J connectivity index is 4.33. The number of hydrogen-bond donors (Lipinski definition) is 1. The predicted molar refractivity (Wildman–Crippen MR) is 51.2 cm³/mol. The lowest BCUT2D eigenvalue weighted by Crippen LogP contribution is -2.43. The molecule has 90 valence electrons. The maximum absolute atomic E-state index is 12.1. The van der Waals surface area contributed by atoms with E-state index < -0.39 is 24.7 Å². The first-order valence-electron chi connectivity index (χ1n) is 4.84. The molecule has 0 aliphatic heterocycles. The van der Waals surface area contributed by atoms with Crippen LogP contribution in [0, 0.1) is 0 Å². The SMILES string of the molecule is CC(C)N(CC(F)(F)F)C(=O)CCCN. The summed E-state index contributed by atoms with van der Waals surface area (Å²) in [6.45, 7) is 2.25. The van der Waals surface area contributed by atoms with Gasteiger partial charge < -0.3 is 10.6 Å². The molecule has 0 fully saturated rings. The molecule has 3 nitrogen and oxygen atoms in total. The molecule has 0 radical (unpaired) electrons. The molecule has 15 heavy (non-hydrogen) atoms. The third kappa shape index (κ3) is 6.33. The first-order chi connectivity index (χ1) is 6.78. The number of alkyl halides is 3. The first-order valence-corrected chi connectivity index (χ1v) is 4.84. The van der Waals surface area contributed by atoms with Gasteiger partial charge in [-0.15, -0.1) is 0 Å². The molecule has 0 saturated heterocycles. The Hall–Kier alpha value is -0.780. The molecule has 0 aliphatic carbocycles. The van der Waals surface area contributed by atoms with E-state index in [-0.39, 0.29) is 6.42 Å². The number of halogens is 3. The zero-order valence-corrected chi connectivity index (χ0v) is 8.97. The minimum absolute atomic E-state index is 0.0742. The van der Waals surface area contributed by atoms with Crippen molar-refractivity contribution in [1.82, 2.24) is 4.90 Å². The second kappa shape index (κ2) is 5.95. The first kappa shape index (κ1) is 14.2. The number of hydrogen-bond acceptors (Lipinski definition) is 2. The summed E-state index contributed by atoms with van der Waals surface area (Å²) in [5, 5.41) is 0. The minimum atomic E-state index is -4.34. The monoisotopic (exact) mass is 226 g/mol. The van der Waals surface area contributed by atoms with Crippen LogP contribution in [-0.4, -0.2) is 36.1 Å². The van der Waals surface area contributed by atoms with E-state index >= 15 is 0 Å². The number of carbonyl (C=O) groups is 1. The Morgan fingerprint density at radius 3 is 2.27 bits per heavy atom. The predicted octanol–water partition coefficient (Wildman–Crippen LogP) is 1.52. The average molecular weight is 226 g/mol. The van der Waals surface area contributed by atoms with E-state index in [0.29, 0.717) is 13.0 Å². The van der Waals surface area contributed by atoms with E-state index in [1.165, 1.54) is 0 Å². The minimum Gasteiger partial charge on any atom is -0.331 e. The van der Waals surface area contributed by atoms with E-state index in [2.05, 4.69) is 0 Å². The number of nitrogens with zero attached hydrogens (tertiary/aromatic N) is 1. The van der Waals surface area contributed by atoms with Crippen LogP contribution >= 0.6 is 0 Å². The van der Waals surface area contributed by atoms with Crippen LogP contribution in [0.15, 0.2) is 0 Å². The molecule has 0 atom stereocenters. The van der Waals surface area contributed by atoms with Crippen LogP contribution in [0.3, 0.4) is 0 Å². The highest BCUT2D eigenvalue weighted by molar-refractivity contribution is 5.76. The van der Waals surface area contributed by atoms with Crippen LogP contribution in [0.1, 0.15) is 26.7 Å². The van der Waals surface area contributed by atoms with Crippen LogP contribution in [0.5, 0.6) is 0 Å². The Kier molecular flexibility index (Phi) is 5.64. The topological polar surface area (TPSA) is 46.3 Å². The largest absolute Gasteiger partial charge is 0.406 e. The molecular formula is C9H17F3N2O. The van der Waals surface area contributed by atoms with Crippen LogP contribution in [0.25, 0.3) is 0 Å². The fraction of sp³-hybridized carbons (Fsp3) is 0.889. The fourth-order valence-electron chi connectivity index (χ4n) is 1.15. The molecule has 0 aromatic heterocycles. The molecule has 2 N–H and O–H groups in total.